The summed E-state index contributed by atoms with van der Waals surface area (Å²) in [5.74, 6) is -0.537. The maximum absolute atomic E-state index is 12.6. The smallest absolute Gasteiger partial charge is 0.186 e. The van der Waals surface area contributed by atoms with Crippen LogP contribution in [0, 0.1) is 5.82 Å². The zero-order valence-electron chi connectivity index (χ0n) is 5.25. The standard InChI is InChI=1S/C6H4BrFO2S/c7-5-2-1-4(11(9)10)3-6(5)8/h1-3H,(H,9,10). The van der Waals surface area contributed by atoms with Crippen molar-refractivity contribution in [2.75, 3.05) is 0 Å². The van der Waals surface area contributed by atoms with Crippen LogP contribution in [0.5, 0.6) is 0 Å². The maximum Gasteiger partial charge on any atom is 0.186 e. The zero-order valence-corrected chi connectivity index (χ0v) is 7.65. The minimum atomic E-state index is -2.11. The average molecular weight is 239 g/mol. The van der Waals surface area contributed by atoms with Gasteiger partial charge in [0.15, 0.2) is 11.1 Å². The second kappa shape index (κ2) is 3.42. The van der Waals surface area contributed by atoms with Crippen LogP contribution in [-0.2, 0) is 11.1 Å². The molecule has 0 heterocycles. The Bertz CT molecular complexity index is 303. The monoisotopic (exact) mass is 238 g/mol. The van der Waals surface area contributed by atoms with Gasteiger partial charge >= 0.3 is 0 Å². The van der Waals surface area contributed by atoms with Gasteiger partial charge in [0.25, 0.3) is 0 Å². The van der Waals surface area contributed by atoms with Crippen molar-refractivity contribution in [1.82, 2.24) is 0 Å². The summed E-state index contributed by atoms with van der Waals surface area (Å²) >= 11 is 0.815. The van der Waals surface area contributed by atoms with Gasteiger partial charge in [-0.05, 0) is 34.1 Å². The number of rotatable bonds is 1. The molecule has 1 unspecified atom stereocenters. The summed E-state index contributed by atoms with van der Waals surface area (Å²) in [4.78, 5) is 0.0608. The van der Waals surface area contributed by atoms with E-state index in [9.17, 15) is 8.60 Å². The van der Waals surface area contributed by atoms with Crippen LogP contribution in [0.25, 0.3) is 0 Å². The summed E-state index contributed by atoms with van der Waals surface area (Å²) in [6, 6.07) is 3.78. The lowest BCUT2D eigenvalue weighted by Crippen LogP contribution is -1.89. The van der Waals surface area contributed by atoms with Crippen molar-refractivity contribution in [2.24, 2.45) is 0 Å². The van der Waals surface area contributed by atoms with Gasteiger partial charge < -0.3 is 4.55 Å². The summed E-state index contributed by atoms with van der Waals surface area (Å²) in [7, 11) is 0. The highest BCUT2D eigenvalue weighted by Crippen LogP contribution is 2.17. The van der Waals surface area contributed by atoms with Gasteiger partial charge in [0.1, 0.15) is 5.82 Å². The summed E-state index contributed by atoms with van der Waals surface area (Å²) in [5.41, 5.74) is 0. The topological polar surface area (TPSA) is 37.3 Å². The molecule has 2 nitrogen and oxygen atoms in total. The predicted octanol–water partition coefficient (Wildman–Crippen LogP) is 2.17. The second-order valence-electron chi connectivity index (χ2n) is 1.83. The Kier molecular flexibility index (Phi) is 2.75. The van der Waals surface area contributed by atoms with E-state index in [0.717, 1.165) is 6.07 Å². The number of benzene rings is 1. The molecule has 5 heteroatoms. The Balaban J connectivity index is 3.15. The largest absolute Gasteiger partial charge is 0.302 e. The van der Waals surface area contributed by atoms with Gasteiger partial charge in [-0.25, -0.2) is 8.60 Å². The van der Waals surface area contributed by atoms with Crippen LogP contribution in [0.4, 0.5) is 4.39 Å². The fourth-order valence-corrected chi connectivity index (χ4v) is 1.22. The highest BCUT2D eigenvalue weighted by molar-refractivity contribution is 9.10. The van der Waals surface area contributed by atoms with Crippen molar-refractivity contribution in [1.29, 1.82) is 0 Å². The van der Waals surface area contributed by atoms with E-state index in [4.69, 9.17) is 4.55 Å². The molecule has 0 saturated heterocycles. The van der Waals surface area contributed by atoms with E-state index in [1.54, 1.807) is 0 Å². The van der Waals surface area contributed by atoms with E-state index in [0.29, 0.717) is 0 Å². The van der Waals surface area contributed by atoms with Crippen LogP contribution in [-0.4, -0.2) is 8.76 Å². The summed E-state index contributed by atoms with van der Waals surface area (Å²) in [6.45, 7) is 0. The Morgan fingerprint density at radius 3 is 2.64 bits per heavy atom. The summed E-state index contributed by atoms with van der Waals surface area (Å²) in [5, 5.41) is 0. The van der Waals surface area contributed by atoms with Gasteiger partial charge in [-0.2, -0.15) is 0 Å². The predicted molar refractivity (Wildman–Crippen MR) is 43.1 cm³/mol. The van der Waals surface area contributed by atoms with E-state index in [1.807, 2.05) is 0 Å². The van der Waals surface area contributed by atoms with Crippen molar-refractivity contribution in [2.45, 2.75) is 4.90 Å². The highest BCUT2D eigenvalue weighted by Gasteiger charge is 2.03. The molecule has 0 aliphatic rings. The van der Waals surface area contributed by atoms with Crippen LogP contribution in [0.3, 0.4) is 0 Å². The van der Waals surface area contributed by atoms with E-state index >= 15 is 0 Å². The third kappa shape index (κ3) is 2.08. The molecule has 60 valence electrons. The van der Waals surface area contributed by atoms with E-state index in [2.05, 4.69) is 15.9 Å². The van der Waals surface area contributed by atoms with Crippen LogP contribution in [0.1, 0.15) is 0 Å². The molecule has 0 radical (unpaired) electrons. The van der Waals surface area contributed by atoms with Gasteiger partial charge in [0.05, 0.1) is 9.37 Å². The Labute approximate surface area is 73.8 Å². The lowest BCUT2D eigenvalue weighted by molar-refractivity contribution is 0.561. The van der Waals surface area contributed by atoms with E-state index in [-0.39, 0.29) is 9.37 Å². The minimum Gasteiger partial charge on any atom is -0.302 e. The molecule has 0 aliphatic carbocycles. The van der Waals surface area contributed by atoms with E-state index in [1.165, 1.54) is 12.1 Å². The number of hydrogen-bond donors (Lipinski definition) is 1. The molecule has 1 aromatic rings. The molecule has 0 saturated carbocycles. The quantitative estimate of drug-likeness (QED) is 0.762. The van der Waals surface area contributed by atoms with Crippen LogP contribution in [0.15, 0.2) is 27.6 Å². The molecule has 0 aromatic heterocycles. The Hall–Kier alpha value is -0.260. The van der Waals surface area contributed by atoms with Gasteiger partial charge in [-0.1, -0.05) is 0 Å². The van der Waals surface area contributed by atoms with E-state index < -0.39 is 16.9 Å². The zero-order chi connectivity index (χ0) is 8.43. The van der Waals surface area contributed by atoms with Crippen LogP contribution >= 0.6 is 15.9 Å². The fraction of sp³-hybridized carbons (Fsp3) is 0. The third-order valence-electron chi connectivity index (χ3n) is 1.09. The van der Waals surface area contributed by atoms with Crippen molar-refractivity contribution < 1.29 is 13.2 Å². The molecular formula is C6H4BrFO2S. The average Bonchev–Trinajstić information content (AvgIpc) is 1.94. The molecule has 1 aromatic carbocycles. The molecule has 0 aliphatic heterocycles. The first-order valence-corrected chi connectivity index (χ1v) is 4.57. The van der Waals surface area contributed by atoms with Gasteiger partial charge in [-0.3, -0.25) is 0 Å². The maximum atomic E-state index is 12.6. The SMILES string of the molecule is O=S(O)c1ccc(Br)c(F)c1. The molecule has 11 heavy (non-hydrogen) atoms. The van der Waals surface area contributed by atoms with Crippen molar-refractivity contribution in [3.05, 3.63) is 28.5 Å². The fourth-order valence-electron chi connectivity index (χ4n) is 0.585. The van der Waals surface area contributed by atoms with Crippen LogP contribution in [0.2, 0.25) is 0 Å². The number of hydrogen-bond acceptors (Lipinski definition) is 1. The molecule has 1 N–H and O–H groups in total. The first kappa shape index (κ1) is 8.83. The first-order valence-electron chi connectivity index (χ1n) is 2.67. The van der Waals surface area contributed by atoms with Gasteiger partial charge in [0, 0.05) is 0 Å². The highest BCUT2D eigenvalue weighted by atomic mass is 79.9. The van der Waals surface area contributed by atoms with Crippen molar-refractivity contribution in [3.63, 3.8) is 0 Å². The first-order chi connectivity index (χ1) is 5.11. The lowest BCUT2D eigenvalue weighted by Gasteiger charge is -1.95. The van der Waals surface area contributed by atoms with Gasteiger partial charge in [0.2, 0.25) is 0 Å². The Morgan fingerprint density at radius 1 is 1.55 bits per heavy atom. The molecule has 1 rings (SSSR count). The molecule has 0 fully saturated rings. The third-order valence-corrected chi connectivity index (χ3v) is 2.39. The molecule has 1 atom stereocenters. The summed E-state index contributed by atoms with van der Waals surface area (Å²) < 4.78 is 31.9. The van der Waals surface area contributed by atoms with Crippen molar-refractivity contribution in [3.8, 4) is 0 Å². The second-order valence-corrected chi connectivity index (χ2v) is 3.65. The minimum absolute atomic E-state index is 0.0608. The molecule has 0 amide bonds. The lowest BCUT2D eigenvalue weighted by atomic mass is 10.3. The summed E-state index contributed by atoms with van der Waals surface area (Å²) in [6.07, 6.45) is 0. The molecular weight excluding hydrogens is 235 g/mol. The molecule has 0 spiro atoms. The molecule has 0 bridgehead atoms. The van der Waals surface area contributed by atoms with Gasteiger partial charge in [-0.15, -0.1) is 0 Å². The van der Waals surface area contributed by atoms with Crippen LogP contribution < -0.4 is 0 Å². The Morgan fingerprint density at radius 2 is 2.18 bits per heavy atom. The number of halogens is 2. The van der Waals surface area contributed by atoms with Crippen molar-refractivity contribution >= 4 is 27.0 Å². The normalized spacial score (nSPS) is 13.0.